The summed E-state index contributed by atoms with van der Waals surface area (Å²) in [5, 5.41) is 12.0. The van der Waals surface area contributed by atoms with E-state index in [1.165, 1.54) is 6.07 Å². The highest BCUT2D eigenvalue weighted by atomic mass is 19.1. The molecule has 1 saturated carbocycles. The number of halogens is 1. The van der Waals surface area contributed by atoms with Gasteiger partial charge in [-0.25, -0.2) is 14.2 Å². The summed E-state index contributed by atoms with van der Waals surface area (Å²) in [6, 6.07) is 3.13. The van der Waals surface area contributed by atoms with Crippen molar-refractivity contribution in [2.75, 3.05) is 44.2 Å². The van der Waals surface area contributed by atoms with Crippen molar-refractivity contribution in [1.29, 1.82) is 0 Å². The van der Waals surface area contributed by atoms with Crippen LogP contribution in [0.2, 0.25) is 0 Å². The van der Waals surface area contributed by atoms with Crippen LogP contribution in [0, 0.1) is 5.82 Å². The first-order valence-electron chi connectivity index (χ1n) is 9.34. The number of urea groups is 1. The minimum atomic E-state index is -0.827. The van der Waals surface area contributed by atoms with Gasteiger partial charge in [0.2, 0.25) is 0 Å². The van der Waals surface area contributed by atoms with Crippen molar-refractivity contribution >= 4 is 17.8 Å². The molecule has 1 aromatic rings. The topological polar surface area (TPSA) is 89.0 Å². The van der Waals surface area contributed by atoms with Crippen LogP contribution in [-0.2, 0) is 4.79 Å². The van der Waals surface area contributed by atoms with Crippen LogP contribution in [0.25, 0.3) is 0 Å². The number of hydrogen-bond acceptors (Lipinski definition) is 5. The minimum absolute atomic E-state index is 0.0356. The van der Waals surface area contributed by atoms with E-state index >= 15 is 0 Å². The third-order valence-corrected chi connectivity index (χ3v) is 5.31. The molecule has 1 aliphatic carbocycles. The molecule has 0 spiro atoms. The molecule has 2 fully saturated rings. The van der Waals surface area contributed by atoms with Crippen molar-refractivity contribution < 1.29 is 19.1 Å². The average molecular weight is 379 g/mol. The van der Waals surface area contributed by atoms with Crippen LogP contribution in [0.5, 0.6) is 0 Å². The fourth-order valence-electron chi connectivity index (χ4n) is 3.67. The first kappa shape index (κ1) is 19.3. The minimum Gasteiger partial charge on any atom is -0.480 e. The highest BCUT2D eigenvalue weighted by molar-refractivity contribution is 5.75. The van der Waals surface area contributed by atoms with Gasteiger partial charge >= 0.3 is 12.0 Å². The number of likely N-dealkylation sites (N-methyl/N-ethyl adjacent to an activating group) is 1. The van der Waals surface area contributed by atoms with Crippen LogP contribution >= 0.6 is 0 Å². The van der Waals surface area contributed by atoms with E-state index in [1.54, 1.807) is 17.2 Å². The fraction of sp³-hybridized carbons (Fsp3) is 0.611. The Balaban J connectivity index is 1.42. The quantitative estimate of drug-likeness (QED) is 0.766. The number of carboxylic acid groups (broad SMARTS) is 1. The number of nitrogens with zero attached hydrogens (tertiary/aromatic N) is 4. The summed E-state index contributed by atoms with van der Waals surface area (Å²) in [5.74, 6) is -0.846. The first-order valence-corrected chi connectivity index (χ1v) is 9.34. The van der Waals surface area contributed by atoms with E-state index in [9.17, 15) is 14.0 Å². The SMILES string of the molecule is CCN(CC(=O)O)C1CC(NC(=O)N2CCN(c3ncccc3F)CC2)C1. The zero-order chi connectivity index (χ0) is 19.4. The van der Waals surface area contributed by atoms with Gasteiger partial charge in [-0.05, 0) is 31.5 Å². The number of amides is 2. The second-order valence-electron chi connectivity index (χ2n) is 7.01. The second kappa shape index (κ2) is 8.51. The Morgan fingerprint density at radius 2 is 2.04 bits per heavy atom. The number of pyridine rings is 1. The lowest BCUT2D eigenvalue weighted by molar-refractivity contribution is -0.139. The number of carboxylic acids is 1. The van der Waals surface area contributed by atoms with Gasteiger partial charge in [0.05, 0.1) is 6.54 Å². The molecule has 2 heterocycles. The summed E-state index contributed by atoms with van der Waals surface area (Å²) in [5.41, 5.74) is 0. The summed E-state index contributed by atoms with van der Waals surface area (Å²) >= 11 is 0. The largest absolute Gasteiger partial charge is 0.480 e. The normalized spacial score (nSPS) is 22.5. The number of aliphatic carboxylic acids is 1. The molecule has 1 saturated heterocycles. The van der Waals surface area contributed by atoms with Crippen LogP contribution in [0.15, 0.2) is 18.3 Å². The maximum atomic E-state index is 13.8. The number of nitrogens with one attached hydrogen (secondary N) is 1. The number of aromatic nitrogens is 1. The Kier molecular flexibility index (Phi) is 6.10. The number of carbonyl (C=O) groups excluding carboxylic acids is 1. The second-order valence-corrected chi connectivity index (χ2v) is 7.01. The molecule has 0 atom stereocenters. The highest BCUT2D eigenvalue weighted by Crippen LogP contribution is 2.26. The van der Waals surface area contributed by atoms with E-state index < -0.39 is 5.97 Å². The molecule has 2 amide bonds. The summed E-state index contributed by atoms with van der Waals surface area (Å²) in [4.78, 5) is 32.9. The molecule has 9 heteroatoms. The van der Waals surface area contributed by atoms with Crippen molar-refractivity contribution in [3.8, 4) is 0 Å². The Morgan fingerprint density at radius 3 is 2.63 bits per heavy atom. The fourth-order valence-corrected chi connectivity index (χ4v) is 3.67. The lowest BCUT2D eigenvalue weighted by Crippen LogP contribution is -2.59. The predicted octanol–water partition coefficient (Wildman–Crippen LogP) is 0.990. The first-order chi connectivity index (χ1) is 13.0. The molecular formula is C18H26FN5O3. The number of carbonyl (C=O) groups is 2. The molecule has 0 bridgehead atoms. The predicted molar refractivity (Wildman–Crippen MR) is 98.2 cm³/mol. The standard InChI is InChI=1S/C18H26FN5O3/c1-2-22(12-16(25)26)14-10-13(11-14)21-18(27)24-8-6-23(7-9-24)17-15(19)4-3-5-20-17/h3-5,13-14H,2,6-12H2,1H3,(H,21,27)(H,25,26). The van der Waals surface area contributed by atoms with Crippen LogP contribution in [-0.4, -0.2) is 83.2 Å². The number of piperazine rings is 1. The van der Waals surface area contributed by atoms with Crippen molar-refractivity contribution in [3.05, 3.63) is 24.1 Å². The Morgan fingerprint density at radius 1 is 1.33 bits per heavy atom. The molecule has 2 aliphatic rings. The Bertz CT molecular complexity index is 675. The van der Waals surface area contributed by atoms with Crippen molar-refractivity contribution in [1.82, 2.24) is 20.1 Å². The average Bonchev–Trinajstić information content (AvgIpc) is 2.63. The third-order valence-electron chi connectivity index (χ3n) is 5.31. The van der Waals surface area contributed by atoms with E-state index in [0.29, 0.717) is 38.5 Å². The molecule has 3 rings (SSSR count). The number of hydrogen-bond donors (Lipinski definition) is 2. The van der Waals surface area contributed by atoms with Gasteiger partial charge in [0.25, 0.3) is 0 Å². The molecule has 0 unspecified atom stereocenters. The van der Waals surface area contributed by atoms with E-state index in [2.05, 4.69) is 10.3 Å². The Hall–Kier alpha value is -2.42. The van der Waals surface area contributed by atoms with Gasteiger partial charge in [0.15, 0.2) is 11.6 Å². The maximum absolute atomic E-state index is 13.8. The van der Waals surface area contributed by atoms with Gasteiger partial charge in [0.1, 0.15) is 0 Å². The Labute approximate surface area is 157 Å². The molecule has 0 aromatic carbocycles. The van der Waals surface area contributed by atoms with Crippen LogP contribution < -0.4 is 10.2 Å². The van der Waals surface area contributed by atoms with Crippen molar-refractivity contribution in [2.45, 2.75) is 31.8 Å². The molecule has 8 nitrogen and oxygen atoms in total. The van der Waals surface area contributed by atoms with E-state index in [4.69, 9.17) is 5.11 Å². The van der Waals surface area contributed by atoms with Gasteiger partial charge in [-0.2, -0.15) is 0 Å². The van der Waals surface area contributed by atoms with E-state index in [1.807, 2.05) is 16.7 Å². The van der Waals surface area contributed by atoms with E-state index in [0.717, 1.165) is 12.8 Å². The maximum Gasteiger partial charge on any atom is 0.317 e. The lowest BCUT2D eigenvalue weighted by Gasteiger charge is -2.43. The van der Waals surface area contributed by atoms with Crippen LogP contribution in [0.1, 0.15) is 19.8 Å². The van der Waals surface area contributed by atoms with Crippen LogP contribution in [0.4, 0.5) is 15.0 Å². The lowest BCUT2D eigenvalue weighted by atomic mass is 9.85. The van der Waals surface area contributed by atoms with Crippen LogP contribution in [0.3, 0.4) is 0 Å². The molecule has 27 heavy (non-hydrogen) atoms. The monoisotopic (exact) mass is 379 g/mol. The molecule has 1 aliphatic heterocycles. The zero-order valence-electron chi connectivity index (χ0n) is 15.5. The summed E-state index contributed by atoms with van der Waals surface area (Å²) in [7, 11) is 0. The van der Waals surface area contributed by atoms with Gasteiger partial charge in [-0.3, -0.25) is 9.69 Å². The smallest absolute Gasteiger partial charge is 0.317 e. The van der Waals surface area contributed by atoms with Gasteiger partial charge in [-0.15, -0.1) is 0 Å². The van der Waals surface area contributed by atoms with Gasteiger partial charge < -0.3 is 20.2 Å². The molecule has 148 valence electrons. The van der Waals surface area contributed by atoms with Crippen molar-refractivity contribution in [3.63, 3.8) is 0 Å². The number of anilines is 1. The van der Waals surface area contributed by atoms with Crippen molar-refractivity contribution in [2.24, 2.45) is 0 Å². The summed E-state index contributed by atoms with van der Waals surface area (Å²) in [6.45, 7) is 4.76. The molecule has 2 N–H and O–H groups in total. The number of rotatable bonds is 6. The molecule has 0 radical (unpaired) electrons. The third kappa shape index (κ3) is 4.65. The molecule has 1 aromatic heterocycles. The zero-order valence-corrected chi connectivity index (χ0v) is 15.5. The van der Waals surface area contributed by atoms with E-state index in [-0.39, 0.29) is 30.5 Å². The highest BCUT2D eigenvalue weighted by Gasteiger charge is 2.35. The molecular weight excluding hydrogens is 353 g/mol. The summed E-state index contributed by atoms with van der Waals surface area (Å²) < 4.78 is 13.8. The summed E-state index contributed by atoms with van der Waals surface area (Å²) in [6.07, 6.45) is 3.10. The van der Waals surface area contributed by atoms with Gasteiger partial charge in [0, 0.05) is 44.5 Å². The van der Waals surface area contributed by atoms with Gasteiger partial charge in [-0.1, -0.05) is 6.92 Å².